The van der Waals surface area contributed by atoms with Crippen LogP contribution in [0.4, 0.5) is 0 Å². The molecule has 0 spiro atoms. The number of nitrogens with zero attached hydrogens (tertiary/aromatic N) is 2. The maximum absolute atomic E-state index is 12.2. The fourth-order valence-corrected chi connectivity index (χ4v) is 3.02. The van der Waals surface area contributed by atoms with Crippen LogP contribution in [0.15, 0.2) is 0 Å². The number of hydrogen-bond donors (Lipinski definition) is 1. The molecule has 2 rings (SSSR count). The molecule has 0 aromatic heterocycles. The average Bonchev–Trinajstić information content (AvgIpc) is 2.70. The quantitative estimate of drug-likeness (QED) is 0.762. The Kier molecular flexibility index (Phi) is 3.97. The molecule has 104 valence electrons. The summed E-state index contributed by atoms with van der Waals surface area (Å²) in [6.45, 7) is 9.15. The van der Waals surface area contributed by atoms with Crippen molar-refractivity contribution in [1.82, 2.24) is 9.80 Å². The number of amides is 1. The van der Waals surface area contributed by atoms with Crippen LogP contribution in [0.1, 0.15) is 40.0 Å². The minimum Gasteiger partial charge on any atom is -0.390 e. The molecule has 0 radical (unpaired) electrons. The highest BCUT2D eigenvalue weighted by atomic mass is 16.3. The normalized spacial score (nSPS) is 30.8. The molecule has 4 heteroatoms. The molecule has 4 nitrogen and oxygen atoms in total. The van der Waals surface area contributed by atoms with Gasteiger partial charge < -0.3 is 10.0 Å². The predicted molar refractivity (Wildman–Crippen MR) is 71.3 cm³/mol. The lowest BCUT2D eigenvalue weighted by molar-refractivity contribution is -0.138. The Morgan fingerprint density at radius 1 is 1.11 bits per heavy atom. The van der Waals surface area contributed by atoms with Gasteiger partial charge in [-0.25, -0.2) is 0 Å². The van der Waals surface area contributed by atoms with Gasteiger partial charge in [-0.3, -0.25) is 9.69 Å². The molecule has 0 aromatic carbocycles. The summed E-state index contributed by atoms with van der Waals surface area (Å²) in [5.41, 5.74) is -0.351. The van der Waals surface area contributed by atoms with Gasteiger partial charge in [-0.05, 0) is 25.9 Å². The molecule has 2 atom stereocenters. The van der Waals surface area contributed by atoms with Crippen molar-refractivity contribution in [2.24, 2.45) is 5.41 Å². The molecule has 0 saturated carbocycles. The van der Waals surface area contributed by atoms with Gasteiger partial charge in [-0.2, -0.15) is 0 Å². The fraction of sp³-hybridized carbons (Fsp3) is 0.929. The van der Waals surface area contributed by atoms with Crippen molar-refractivity contribution in [3.05, 3.63) is 0 Å². The molecule has 2 heterocycles. The molecule has 18 heavy (non-hydrogen) atoms. The van der Waals surface area contributed by atoms with Gasteiger partial charge in [-0.1, -0.05) is 27.2 Å². The highest BCUT2D eigenvalue weighted by molar-refractivity contribution is 5.81. The topological polar surface area (TPSA) is 43.8 Å². The van der Waals surface area contributed by atoms with Crippen molar-refractivity contribution >= 4 is 5.91 Å². The number of β-amino-alcohol motifs (C(OH)–C–C–N with tert-alkyl or cyclic N) is 1. The molecular formula is C14H26N2O2. The summed E-state index contributed by atoms with van der Waals surface area (Å²) in [7, 11) is 0. The van der Waals surface area contributed by atoms with E-state index in [1.165, 1.54) is 19.3 Å². The fourth-order valence-electron chi connectivity index (χ4n) is 3.02. The lowest BCUT2D eigenvalue weighted by Gasteiger charge is -2.33. The first-order valence-corrected chi connectivity index (χ1v) is 7.11. The van der Waals surface area contributed by atoms with Gasteiger partial charge in [0.2, 0.25) is 5.91 Å². The number of rotatable bonds is 1. The van der Waals surface area contributed by atoms with E-state index in [9.17, 15) is 9.90 Å². The lowest BCUT2D eigenvalue weighted by Crippen LogP contribution is -2.46. The summed E-state index contributed by atoms with van der Waals surface area (Å²) in [6.07, 6.45) is 3.35. The van der Waals surface area contributed by atoms with Crippen molar-refractivity contribution in [2.75, 3.05) is 26.2 Å². The minimum absolute atomic E-state index is 0.150. The molecule has 0 bridgehead atoms. The SMILES string of the molecule is CC(C)(C)C(=O)N1C[C@H](O)[C@@H](N2CCCCC2)C1. The molecule has 2 fully saturated rings. The molecule has 2 aliphatic heterocycles. The molecule has 0 aliphatic carbocycles. The van der Waals surface area contributed by atoms with Crippen LogP contribution in [0.3, 0.4) is 0 Å². The lowest BCUT2D eigenvalue weighted by atomic mass is 9.95. The highest BCUT2D eigenvalue weighted by Crippen LogP contribution is 2.25. The Balaban J connectivity index is 1.98. The van der Waals surface area contributed by atoms with Gasteiger partial charge in [0.15, 0.2) is 0 Å². The van der Waals surface area contributed by atoms with E-state index in [1.807, 2.05) is 25.7 Å². The summed E-state index contributed by atoms with van der Waals surface area (Å²) in [5.74, 6) is 0.154. The van der Waals surface area contributed by atoms with Gasteiger partial charge in [0.25, 0.3) is 0 Å². The van der Waals surface area contributed by atoms with Crippen molar-refractivity contribution in [3.63, 3.8) is 0 Å². The summed E-state index contributed by atoms with van der Waals surface area (Å²) < 4.78 is 0. The zero-order chi connectivity index (χ0) is 13.3. The van der Waals surface area contributed by atoms with E-state index in [0.29, 0.717) is 13.1 Å². The smallest absolute Gasteiger partial charge is 0.228 e. The Hall–Kier alpha value is -0.610. The Bertz CT molecular complexity index is 305. The Labute approximate surface area is 110 Å². The number of carbonyl (C=O) groups is 1. The summed E-state index contributed by atoms with van der Waals surface area (Å²) >= 11 is 0. The van der Waals surface area contributed by atoms with E-state index in [0.717, 1.165) is 13.1 Å². The number of likely N-dealkylation sites (tertiary alicyclic amines) is 2. The molecule has 0 unspecified atom stereocenters. The summed E-state index contributed by atoms with van der Waals surface area (Å²) in [5, 5.41) is 10.2. The van der Waals surface area contributed by atoms with Crippen molar-refractivity contribution in [1.29, 1.82) is 0 Å². The zero-order valence-electron chi connectivity index (χ0n) is 11.9. The number of piperidine rings is 1. The van der Waals surface area contributed by atoms with Crippen LogP contribution in [-0.2, 0) is 4.79 Å². The van der Waals surface area contributed by atoms with Gasteiger partial charge >= 0.3 is 0 Å². The molecule has 2 aliphatic rings. The molecular weight excluding hydrogens is 228 g/mol. The molecule has 0 aromatic rings. The van der Waals surface area contributed by atoms with E-state index in [2.05, 4.69) is 4.90 Å². The Morgan fingerprint density at radius 3 is 2.28 bits per heavy atom. The van der Waals surface area contributed by atoms with Crippen molar-refractivity contribution < 1.29 is 9.90 Å². The third-order valence-corrected chi connectivity index (χ3v) is 4.05. The largest absolute Gasteiger partial charge is 0.390 e. The van der Waals surface area contributed by atoms with Crippen molar-refractivity contribution in [2.45, 2.75) is 52.2 Å². The van der Waals surface area contributed by atoms with Gasteiger partial charge in [0.1, 0.15) is 0 Å². The first-order chi connectivity index (χ1) is 8.39. The maximum Gasteiger partial charge on any atom is 0.228 e. The number of carbonyl (C=O) groups excluding carboxylic acids is 1. The highest BCUT2D eigenvalue weighted by Gasteiger charge is 2.40. The van der Waals surface area contributed by atoms with Gasteiger partial charge in [-0.15, -0.1) is 0 Å². The number of aliphatic hydroxyl groups excluding tert-OH is 1. The van der Waals surface area contributed by atoms with Crippen LogP contribution in [0.5, 0.6) is 0 Å². The van der Waals surface area contributed by atoms with Gasteiger partial charge in [0, 0.05) is 18.5 Å². The summed E-state index contributed by atoms with van der Waals surface area (Å²) in [4.78, 5) is 16.4. The maximum atomic E-state index is 12.2. The minimum atomic E-state index is -0.380. The Morgan fingerprint density at radius 2 is 1.72 bits per heavy atom. The third kappa shape index (κ3) is 2.86. The van der Waals surface area contributed by atoms with E-state index in [1.54, 1.807) is 0 Å². The van der Waals surface area contributed by atoms with Crippen LogP contribution in [0.25, 0.3) is 0 Å². The second kappa shape index (κ2) is 5.17. The second-order valence-electron chi connectivity index (χ2n) is 6.69. The van der Waals surface area contributed by atoms with Crippen LogP contribution < -0.4 is 0 Å². The number of hydrogen-bond acceptors (Lipinski definition) is 3. The zero-order valence-corrected chi connectivity index (χ0v) is 11.9. The standard InChI is InChI=1S/C14H26N2O2/c1-14(2,3)13(18)16-9-11(12(17)10-16)15-7-5-4-6-8-15/h11-12,17H,4-10H2,1-3H3/t11-,12-/m0/s1. The van der Waals surface area contributed by atoms with E-state index >= 15 is 0 Å². The average molecular weight is 254 g/mol. The van der Waals surface area contributed by atoms with Crippen LogP contribution >= 0.6 is 0 Å². The second-order valence-corrected chi connectivity index (χ2v) is 6.69. The predicted octanol–water partition coefficient (Wildman–Crippen LogP) is 1.09. The third-order valence-electron chi connectivity index (χ3n) is 4.05. The van der Waals surface area contributed by atoms with Crippen molar-refractivity contribution in [3.8, 4) is 0 Å². The van der Waals surface area contributed by atoms with E-state index in [4.69, 9.17) is 0 Å². The summed E-state index contributed by atoms with van der Waals surface area (Å²) in [6, 6.07) is 0.150. The van der Waals surface area contributed by atoms with Crippen LogP contribution in [0.2, 0.25) is 0 Å². The van der Waals surface area contributed by atoms with E-state index < -0.39 is 0 Å². The first kappa shape index (κ1) is 13.8. The molecule has 1 N–H and O–H groups in total. The number of aliphatic hydroxyl groups is 1. The van der Waals surface area contributed by atoms with Crippen LogP contribution in [-0.4, -0.2) is 59.1 Å². The molecule has 1 amide bonds. The van der Waals surface area contributed by atoms with Gasteiger partial charge in [0.05, 0.1) is 12.1 Å². The first-order valence-electron chi connectivity index (χ1n) is 7.11. The molecule has 2 saturated heterocycles. The van der Waals surface area contributed by atoms with E-state index in [-0.39, 0.29) is 23.5 Å². The van der Waals surface area contributed by atoms with Crippen LogP contribution in [0, 0.1) is 5.41 Å². The monoisotopic (exact) mass is 254 g/mol.